The molecule has 0 bridgehead atoms. The zero-order chi connectivity index (χ0) is 17.6. The van der Waals surface area contributed by atoms with Crippen LogP contribution >= 0.6 is 0 Å². The van der Waals surface area contributed by atoms with Crippen LogP contribution in [-0.2, 0) is 24.3 Å². The van der Waals surface area contributed by atoms with Crippen LogP contribution in [0.2, 0.25) is 0 Å². The highest BCUT2D eigenvalue weighted by Gasteiger charge is 2.18. The van der Waals surface area contributed by atoms with Crippen molar-refractivity contribution >= 4 is 28.0 Å². The van der Waals surface area contributed by atoms with Gasteiger partial charge < -0.3 is 15.2 Å². The van der Waals surface area contributed by atoms with Crippen LogP contribution < -0.4 is 15.2 Å². The Morgan fingerprint density at radius 1 is 1.35 bits per heavy atom. The Morgan fingerprint density at radius 2 is 2.00 bits per heavy atom. The summed E-state index contributed by atoms with van der Waals surface area (Å²) in [5.74, 6) is -1.37. The highest BCUT2D eigenvalue weighted by molar-refractivity contribution is 7.89. The molecule has 0 saturated carbocycles. The lowest BCUT2D eigenvalue weighted by Crippen LogP contribution is -2.29. The first-order chi connectivity index (χ1) is 10.7. The number of methoxy groups -OCH3 is 1. The van der Waals surface area contributed by atoms with Crippen molar-refractivity contribution in [2.24, 2.45) is 5.73 Å². The van der Waals surface area contributed by atoms with Gasteiger partial charge in [0.25, 0.3) is 5.91 Å². The van der Waals surface area contributed by atoms with Gasteiger partial charge in [-0.15, -0.1) is 0 Å². The van der Waals surface area contributed by atoms with Gasteiger partial charge >= 0.3 is 5.97 Å². The van der Waals surface area contributed by atoms with Gasteiger partial charge in [0, 0.05) is 6.08 Å². The number of nitrogens with two attached hydrogens (primary N) is 1. The first-order valence-corrected chi connectivity index (χ1v) is 7.99. The maximum atomic E-state index is 11.9. The summed E-state index contributed by atoms with van der Waals surface area (Å²) in [6, 6.07) is 4.36. The number of amides is 1. The Bertz CT molecular complexity index is 727. The number of primary amides is 1. The van der Waals surface area contributed by atoms with Gasteiger partial charge in [0.15, 0.2) is 6.10 Å². The number of benzene rings is 1. The van der Waals surface area contributed by atoms with Crippen molar-refractivity contribution in [1.29, 1.82) is 0 Å². The van der Waals surface area contributed by atoms with Crippen molar-refractivity contribution in [3.05, 3.63) is 29.8 Å². The average Bonchev–Trinajstić information content (AvgIpc) is 2.52. The van der Waals surface area contributed by atoms with Crippen LogP contribution in [0.25, 0.3) is 6.08 Å². The fourth-order valence-corrected chi connectivity index (χ4v) is 2.48. The Kier molecular flexibility index (Phi) is 6.28. The molecule has 0 aliphatic carbocycles. The lowest BCUT2D eigenvalue weighted by atomic mass is 10.2. The molecule has 8 nitrogen and oxygen atoms in total. The molecular weight excluding hydrogens is 324 g/mol. The number of carbonyl (C=O) groups excluding carboxylic acids is 2. The second kappa shape index (κ2) is 7.75. The third-order valence-electron chi connectivity index (χ3n) is 2.85. The molecule has 1 aromatic carbocycles. The molecule has 9 heteroatoms. The average molecular weight is 342 g/mol. The minimum absolute atomic E-state index is 0.0662. The van der Waals surface area contributed by atoms with Crippen molar-refractivity contribution in [2.45, 2.75) is 17.9 Å². The summed E-state index contributed by atoms with van der Waals surface area (Å²) >= 11 is 0. The van der Waals surface area contributed by atoms with Crippen molar-refractivity contribution in [2.75, 3.05) is 14.2 Å². The van der Waals surface area contributed by atoms with E-state index < -0.39 is 28.0 Å². The van der Waals surface area contributed by atoms with Gasteiger partial charge in [0.2, 0.25) is 10.0 Å². The van der Waals surface area contributed by atoms with Crippen LogP contribution in [0.15, 0.2) is 29.2 Å². The lowest BCUT2D eigenvalue weighted by molar-refractivity contribution is -0.148. The second-order valence-corrected chi connectivity index (χ2v) is 6.29. The van der Waals surface area contributed by atoms with E-state index in [1.54, 1.807) is 6.07 Å². The molecule has 3 N–H and O–H groups in total. The van der Waals surface area contributed by atoms with Crippen LogP contribution in [0.4, 0.5) is 0 Å². The fourth-order valence-electron chi connectivity index (χ4n) is 1.55. The van der Waals surface area contributed by atoms with E-state index in [1.165, 1.54) is 39.3 Å². The molecule has 0 fully saturated rings. The number of sulfonamides is 1. The molecule has 0 unspecified atom stereocenters. The number of ether oxygens (including phenoxy) is 2. The summed E-state index contributed by atoms with van der Waals surface area (Å²) < 4.78 is 35.8. The van der Waals surface area contributed by atoms with Gasteiger partial charge in [-0.2, -0.15) is 0 Å². The van der Waals surface area contributed by atoms with Gasteiger partial charge in [-0.05, 0) is 37.7 Å². The van der Waals surface area contributed by atoms with Crippen LogP contribution in [0.5, 0.6) is 5.75 Å². The zero-order valence-corrected chi connectivity index (χ0v) is 13.7. The Balaban J connectivity index is 3.02. The van der Waals surface area contributed by atoms with Gasteiger partial charge in [-0.25, -0.2) is 17.9 Å². The number of hydrogen-bond acceptors (Lipinski definition) is 6. The van der Waals surface area contributed by atoms with E-state index in [4.69, 9.17) is 15.2 Å². The van der Waals surface area contributed by atoms with Crippen LogP contribution in [0.3, 0.4) is 0 Å². The van der Waals surface area contributed by atoms with Gasteiger partial charge in [-0.1, -0.05) is 6.07 Å². The first kappa shape index (κ1) is 18.7. The lowest BCUT2D eigenvalue weighted by Gasteiger charge is -2.09. The quantitative estimate of drug-likeness (QED) is 0.532. The predicted octanol–water partition coefficient (Wildman–Crippen LogP) is 0.0335. The topological polar surface area (TPSA) is 125 Å². The number of rotatable bonds is 7. The van der Waals surface area contributed by atoms with Crippen LogP contribution in [0.1, 0.15) is 12.5 Å². The molecular formula is C14H18N2O6S. The molecule has 0 aliphatic rings. The highest BCUT2D eigenvalue weighted by atomic mass is 32.2. The molecule has 0 aliphatic heterocycles. The minimum atomic E-state index is -3.72. The van der Waals surface area contributed by atoms with Crippen molar-refractivity contribution < 1.29 is 27.5 Å². The van der Waals surface area contributed by atoms with E-state index in [2.05, 4.69) is 4.72 Å². The number of carbonyl (C=O) groups is 2. The van der Waals surface area contributed by atoms with E-state index in [9.17, 15) is 18.0 Å². The standard InChI is InChI=1S/C14H18N2O6S/c1-9(14(15)18)22-13(17)7-5-10-4-6-11(21-3)12(8-10)23(19,20)16-2/h4-9,16H,1-3H3,(H2,15,18)/b7-5+/t9-/m0/s1. The summed E-state index contributed by atoms with van der Waals surface area (Å²) in [7, 11) is -1.09. The van der Waals surface area contributed by atoms with E-state index in [0.29, 0.717) is 5.56 Å². The van der Waals surface area contributed by atoms with Crippen molar-refractivity contribution in [3.63, 3.8) is 0 Å². The molecule has 126 valence electrons. The third kappa shape index (κ3) is 5.08. The van der Waals surface area contributed by atoms with Gasteiger partial charge in [0.05, 0.1) is 7.11 Å². The largest absolute Gasteiger partial charge is 0.495 e. The van der Waals surface area contributed by atoms with Gasteiger partial charge in [0.1, 0.15) is 10.6 Å². The Hall–Kier alpha value is -2.39. The molecule has 1 aromatic rings. The zero-order valence-electron chi connectivity index (χ0n) is 12.9. The molecule has 0 aromatic heterocycles. The Morgan fingerprint density at radius 3 is 2.52 bits per heavy atom. The number of hydrogen-bond donors (Lipinski definition) is 2. The molecule has 0 saturated heterocycles. The second-order valence-electron chi connectivity index (χ2n) is 4.43. The van der Waals surface area contributed by atoms with Crippen LogP contribution in [0, 0.1) is 0 Å². The summed E-state index contributed by atoms with van der Waals surface area (Å²) in [6.07, 6.45) is 1.37. The smallest absolute Gasteiger partial charge is 0.331 e. The number of esters is 1. The predicted molar refractivity (Wildman–Crippen MR) is 83.0 cm³/mol. The van der Waals surface area contributed by atoms with E-state index in [1.807, 2.05) is 0 Å². The summed E-state index contributed by atoms with van der Waals surface area (Å²) in [5.41, 5.74) is 5.41. The molecule has 1 rings (SSSR count). The highest BCUT2D eigenvalue weighted by Crippen LogP contribution is 2.25. The maximum absolute atomic E-state index is 11.9. The normalized spacial score (nSPS) is 12.8. The minimum Gasteiger partial charge on any atom is -0.495 e. The molecule has 0 radical (unpaired) electrons. The molecule has 0 spiro atoms. The SMILES string of the molecule is CNS(=O)(=O)c1cc(/C=C/C(=O)O[C@@H](C)C(N)=O)ccc1OC. The maximum Gasteiger partial charge on any atom is 0.331 e. The summed E-state index contributed by atoms with van der Waals surface area (Å²) in [6.45, 7) is 1.35. The molecule has 0 heterocycles. The van der Waals surface area contributed by atoms with E-state index in [0.717, 1.165) is 6.08 Å². The molecule has 1 atom stereocenters. The third-order valence-corrected chi connectivity index (χ3v) is 4.29. The van der Waals surface area contributed by atoms with E-state index in [-0.39, 0.29) is 10.6 Å². The fraction of sp³-hybridized carbons (Fsp3) is 0.286. The van der Waals surface area contributed by atoms with Crippen molar-refractivity contribution in [1.82, 2.24) is 4.72 Å². The number of nitrogens with one attached hydrogen (secondary N) is 1. The Labute approximate surface area is 134 Å². The molecule has 1 amide bonds. The van der Waals surface area contributed by atoms with Crippen LogP contribution in [-0.4, -0.2) is 40.6 Å². The van der Waals surface area contributed by atoms with Gasteiger partial charge in [-0.3, -0.25) is 4.79 Å². The van der Waals surface area contributed by atoms with E-state index >= 15 is 0 Å². The first-order valence-electron chi connectivity index (χ1n) is 6.51. The monoisotopic (exact) mass is 342 g/mol. The molecule has 23 heavy (non-hydrogen) atoms. The summed E-state index contributed by atoms with van der Waals surface area (Å²) in [5, 5.41) is 0. The van der Waals surface area contributed by atoms with Crippen molar-refractivity contribution in [3.8, 4) is 5.75 Å². The summed E-state index contributed by atoms with van der Waals surface area (Å²) in [4.78, 5) is 22.3.